The molecule has 0 saturated heterocycles. The Hall–Kier alpha value is -0.900. The van der Waals surface area contributed by atoms with Crippen LogP contribution in [-0.4, -0.2) is 25.2 Å². The molecule has 0 N–H and O–H groups in total. The molecule has 1 aromatic rings. The maximum atomic E-state index is 10.8. The van der Waals surface area contributed by atoms with Crippen LogP contribution in [0.2, 0.25) is 0 Å². The third kappa shape index (κ3) is 4.46. The van der Waals surface area contributed by atoms with E-state index in [9.17, 15) is 4.79 Å². The highest BCUT2D eigenvalue weighted by Gasteiger charge is 2.23. The van der Waals surface area contributed by atoms with E-state index in [1.54, 1.807) is 14.2 Å². The molecule has 94 valence electrons. The van der Waals surface area contributed by atoms with Crippen LogP contribution in [0.1, 0.15) is 18.1 Å². The predicted octanol–water partition coefficient (Wildman–Crippen LogP) is 2.55. The first kappa shape index (κ1) is 14.2. The van der Waals surface area contributed by atoms with Gasteiger partial charge in [0.25, 0.3) is 0 Å². The van der Waals surface area contributed by atoms with Crippen LogP contribution in [-0.2, 0) is 27.1 Å². The van der Waals surface area contributed by atoms with E-state index in [0.29, 0.717) is 6.42 Å². The molecule has 0 saturated carbocycles. The van der Waals surface area contributed by atoms with E-state index in [1.807, 2.05) is 31.2 Å². The topological polar surface area (TPSA) is 35.5 Å². The maximum Gasteiger partial charge on any atom is 0.226 e. The summed E-state index contributed by atoms with van der Waals surface area (Å²) in [6.45, 7) is 1.87. The van der Waals surface area contributed by atoms with Gasteiger partial charge in [-0.3, -0.25) is 4.79 Å². The molecule has 0 aliphatic heterocycles. The standard InChI is InChI=1S/C13H17ClO3/c1-13(16-2,17-3)9-11-6-4-5-10(7-11)8-12(14)15/h4-7H,8-9H2,1-3H3. The van der Waals surface area contributed by atoms with E-state index >= 15 is 0 Å². The van der Waals surface area contributed by atoms with E-state index < -0.39 is 5.79 Å². The number of hydrogen-bond acceptors (Lipinski definition) is 3. The molecule has 0 aliphatic rings. The van der Waals surface area contributed by atoms with Crippen LogP contribution in [0, 0.1) is 0 Å². The van der Waals surface area contributed by atoms with Crippen molar-refractivity contribution in [2.75, 3.05) is 14.2 Å². The average molecular weight is 257 g/mol. The number of rotatable bonds is 6. The molecule has 0 bridgehead atoms. The minimum absolute atomic E-state index is 0.242. The van der Waals surface area contributed by atoms with Gasteiger partial charge in [-0.05, 0) is 29.7 Å². The summed E-state index contributed by atoms with van der Waals surface area (Å²) >= 11 is 5.36. The van der Waals surface area contributed by atoms with Crippen LogP contribution >= 0.6 is 11.6 Å². The Balaban J connectivity index is 2.81. The molecule has 0 amide bonds. The van der Waals surface area contributed by atoms with Crippen molar-refractivity contribution in [3.63, 3.8) is 0 Å². The number of methoxy groups -OCH3 is 2. The fraction of sp³-hybridized carbons (Fsp3) is 0.462. The molecule has 4 heteroatoms. The van der Waals surface area contributed by atoms with Crippen LogP contribution in [0.3, 0.4) is 0 Å². The van der Waals surface area contributed by atoms with Gasteiger partial charge in [0, 0.05) is 27.1 Å². The molecule has 0 aliphatic carbocycles. The summed E-state index contributed by atoms with van der Waals surface area (Å²) in [5.41, 5.74) is 1.95. The zero-order valence-electron chi connectivity index (χ0n) is 10.3. The highest BCUT2D eigenvalue weighted by atomic mass is 35.5. The van der Waals surface area contributed by atoms with Gasteiger partial charge >= 0.3 is 0 Å². The normalized spacial score (nSPS) is 11.5. The SMILES string of the molecule is COC(C)(Cc1cccc(CC(=O)Cl)c1)OC. The summed E-state index contributed by atoms with van der Waals surface area (Å²) in [6.07, 6.45) is 0.858. The second kappa shape index (κ2) is 6.15. The number of benzene rings is 1. The van der Waals surface area contributed by atoms with Crippen molar-refractivity contribution >= 4 is 16.8 Å². The zero-order chi connectivity index (χ0) is 12.9. The van der Waals surface area contributed by atoms with Gasteiger partial charge in [0.1, 0.15) is 0 Å². The smallest absolute Gasteiger partial charge is 0.226 e. The number of hydrogen-bond donors (Lipinski definition) is 0. The van der Waals surface area contributed by atoms with Crippen molar-refractivity contribution in [3.05, 3.63) is 35.4 Å². The minimum Gasteiger partial charge on any atom is -0.353 e. The highest BCUT2D eigenvalue weighted by molar-refractivity contribution is 6.63. The minimum atomic E-state index is -0.649. The first-order valence-electron chi connectivity index (χ1n) is 5.35. The summed E-state index contributed by atoms with van der Waals surface area (Å²) in [5.74, 6) is -0.649. The molecule has 0 atom stereocenters. The lowest BCUT2D eigenvalue weighted by Gasteiger charge is -2.26. The summed E-state index contributed by atoms with van der Waals surface area (Å²) in [5, 5.41) is -0.358. The highest BCUT2D eigenvalue weighted by Crippen LogP contribution is 2.18. The number of carbonyl (C=O) groups is 1. The summed E-state index contributed by atoms with van der Waals surface area (Å²) in [4.78, 5) is 10.8. The molecular weight excluding hydrogens is 240 g/mol. The van der Waals surface area contributed by atoms with Crippen molar-refractivity contribution < 1.29 is 14.3 Å². The lowest BCUT2D eigenvalue weighted by Crippen LogP contribution is -2.32. The molecule has 0 spiro atoms. The first-order valence-corrected chi connectivity index (χ1v) is 5.73. The van der Waals surface area contributed by atoms with Crippen molar-refractivity contribution in [2.24, 2.45) is 0 Å². The largest absolute Gasteiger partial charge is 0.353 e. The van der Waals surface area contributed by atoms with E-state index in [2.05, 4.69) is 0 Å². The van der Waals surface area contributed by atoms with E-state index in [0.717, 1.165) is 11.1 Å². The number of halogens is 1. The Kier molecular flexibility index (Phi) is 5.12. The second-order valence-corrected chi connectivity index (χ2v) is 4.49. The van der Waals surface area contributed by atoms with Gasteiger partial charge in [0.05, 0.1) is 0 Å². The average Bonchev–Trinajstić information content (AvgIpc) is 2.28. The van der Waals surface area contributed by atoms with Crippen LogP contribution in [0.15, 0.2) is 24.3 Å². The van der Waals surface area contributed by atoms with Crippen LogP contribution in [0.5, 0.6) is 0 Å². The van der Waals surface area contributed by atoms with Crippen molar-refractivity contribution in [1.82, 2.24) is 0 Å². The molecule has 0 radical (unpaired) electrons. The molecule has 3 nitrogen and oxygen atoms in total. The number of ether oxygens (including phenoxy) is 2. The maximum absolute atomic E-state index is 10.8. The Morgan fingerprint density at radius 2 is 1.88 bits per heavy atom. The Labute approximate surface area is 107 Å². The monoisotopic (exact) mass is 256 g/mol. The zero-order valence-corrected chi connectivity index (χ0v) is 11.1. The fourth-order valence-electron chi connectivity index (χ4n) is 1.61. The van der Waals surface area contributed by atoms with Gasteiger partial charge in [-0.2, -0.15) is 0 Å². The lowest BCUT2D eigenvalue weighted by molar-refractivity contribution is -0.191. The molecule has 0 unspecified atom stereocenters. The molecule has 17 heavy (non-hydrogen) atoms. The van der Waals surface area contributed by atoms with Crippen molar-refractivity contribution in [2.45, 2.75) is 25.6 Å². The molecule has 0 heterocycles. The van der Waals surface area contributed by atoms with Gasteiger partial charge in [-0.1, -0.05) is 24.3 Å². The van der Waals surface area contributed by atoms with Gasteiger partial charge in [-0.15, -0.1) is 0 Å². The summed E-state index contributed by atoms with van der Waals surface area (Å²) in [6, 6.07) is 7.69. The van der Waals surface area contributed by atoms with Gasteiger partial charge in [0.2, 0.25) is 5.24 Å². The number of carbonyl (C=O) groups excluding carboxylic acids is 1. The Morgan fingerprint density at radius 3 is 2.41 bits per heavy atom. The van der Waals surface area contributed by atoms with Crippen molar-refractivity contribution in [3.8, 4) is 0 Å². The second-order valence-electron chi connectivity index (χ2n) is 4.07. The third-order valence-electron chi connectivity index (χ3n) is 2.72. The molecule has 1 rings (SSSR count). The Morgan fingerprint density at radius 1 is 1.29 bits per heavy atom. The Bertz CT molecular complexity index is 386. The molecular formula is C13H17ClO3. The first-order chi connectivity index (χ1) is 7.99. The van der Waals surface area contributed by atoms with Crippen LogP contribution in [0.25, 0.3) is 0 Å². The molecule has 0 aromatic heterocycles. The quantitative estimate of drug-likeness (QED) is 0.580. The molecule has 0 fully saturated rings. The van der Waals surface area contributed by atoms with E-state index in [-0.39, 0.29) is 11.7 Å². The predicted molar refractivity (Wildman–Crippen MR) is 67.1 cm³/mol. The van der Waals surface area contributed by atoms with Crippen LogP contribution < -0.4 is 0 Å². The van der Waals surface area contributed by atoms with Crippen molar-refractivity contribution in [1.29, 1.82) is 0 Å². The lowest BCUT2D eigenvalue weighted by atomic mass is 10.0. The fourth-order valence-corrected chi connectivity index (χ4v) is 1.76. The van der Waals surface area contributed by atoms with E-state index in [4.69, 9.17) is 21.1 Å². The van der Waals surface area contributed by atoms with Crippen LogP contribution in [0.4, 0.5) is 0 Å². The molecule has 1 aromatic carbocycles. The van der Waals surface area contributed by atoms with Gasteiger partial charge < -0.3 is 9.47 Å². The summed E-state index contributed by atoms with van der Waals surface area (Å²) < 4.78 is 10.6. The van der Waals surface area contributed by atoms with Gasteiger partial charge in [-0.25, -0.2) is 0 Å². The van der Waals surface area contributed by atoms with E-state index in [1.165, 1.54) is 0 Å². The third-order valence-corrected chi connectivity index (χ3v) is 2.86. The van der Waals surface area contributed by atoms with Gasteiger partial charge in [0.15, 0.2) is 5.79 Å². The summed E-state index contributed by atoms with van der Waals surface area (Å²) in [7, 11) is 3.21.